The number of H-pyrrole nitrogens is 1. The van der Waals surface area contributed by atoms with Gasteiger partial charge in [0.25, 0.3) is 0 Å². The number of methoxy groups -OCH3 is 2. The predicted molar refractivity (Wildman–Crippen MR) is 90.6 cm³/mol. The quantitative estimate of drug-likeness (QED) is 0.521. The molecule has 2 heterocycles. The number of ether oxygens (including phenoxy) is 2. The first-order valence-electron chi connectivity index (χ1n) is 7.00. The van der Waals surface area contributed by atoms with Crippen LogP contribution in [-0.4, -0.2) is 45.8 Å². The fourth-order valence-corrected chi connectivity index (χ4v) is 2.85. The number of nitrogens with zero attached hydrogens (tertiary/aromatic N) is 3. The van der Waals surface area contributed by atoms with Crippen molar-refractivity contribution in [1.82, 2.24) is 19.9 Å². The Labute approximate surface area is 142 Å². The molecule has 0 aliphatic carbocycles. The zero-order valence-corrected chi connectivity index (χ0v) is 13.9. The molecular formula is C15H15N5O3S. The summed E-state index contributed by atoms with van der Waals surface area (Å²) < 4.78 is 10.4. The third kappa shape index (κ3) is 3.40. The van der Waals surface area contributed by atoms with Gasteiger partial charge in [0.1, 0.15) is 16.9 Å². The molecule has 8 nitrogen and oxygen atoms in total. The van der Waals surface area contributed by atoms with Gasteiger partial charge in [-0.05, 0) is 12.1 Å². The molecule has 3 aromatic rings. The standard InChI is InChI=1S/C15H15N5O3S/c1-22-10-4-3-9(5-11(10)23-2)20-12(21)6-24-15-13-14(17-7-16-13)18-8-19-15/h3-5,7-8H,6H2,1-2H3,(H,20,21)(H,16,17,18,19). The SMILES string of the molecule is COc1ccc(NC(=O)CSc2ncnc3nc[nH]c23)cc1OC. The van der Waals surface area contributed by atoms with Crippen molar-refractivity contribution in [2.24, 2.45) is 0 Å². The summed E-state index contributed by atoms with van der Waals surface area (Å²) in [6, 6.07) is 5.20. The first kappa shape index (κ1) is 16.1. The van der Waals surface area contributed by atoms with Gasteiger partial charge in [-0.2, -0.15) is 0 Å². The number of carbonyl (C=O) groups is 1. The molecule has 0 bridgehead atoms. The van der Waals surface area contributed by atoms with Gasteiger partial charge in [-0.25, -0.2) is 15.0 Å². The van der Waals surface area contributed by atoms with Gasteiger partial charge in [0.05, 0.1) is 26.3 Å². The minimum atomic E-state index is -0.154. The van der Waals surface area contributed by atoms with Crippen LogP contribution in [0.4, 0.5) is 5.69 Å². The summed E-state index contributed by atoms with van der Waals surface area (Å²) in [5.41, 5.74) is 1.93. The summed E-state index contributed by atoms with van der Waals surface area (Å²) in [7, 11) is 3.11. The van der Waals surface area contributed by atoms with Gasteiger partial charge in [-0.1, -0.05) is 11.8 Å². The number of rotatable bonds is 6. The maximum atomic E-state index is 12.1. The number of carbonyl (C=O) groups excluding carboxylic acids is 1. The smallest absolute Gasteiger partial charge is 0.234 e. The van der Waals surface area contributed by atoms with E-state index in [9.17, 15) is 4.79 Å². The molecule has 0 spiro atoms. The van der Waals surface area contributed by atoms with E-state index in [0.29, 0.717) is 27.9 Å². The first-order chi connectivity index (χ1) is 11.7. The van der Waals surface area contributed by atoms with E-state index in [-0.39, 0.29) is 11.7 Å². The Morgan fingerprint density at radius 3 is 2.83 bits per heavy atom. The van der Waals surface area contributed by atoms with Crippen LogP contribution in [0.3, 0.4) is 0 Å². The number of benzene rings is 1. The van der Waals surface area contributed by atoms with Crippen molar-refractivity contribution >= 4 is 34.5 Å². The van der Waals surface area contributed by atoms with E-state index in [0.717, 1.165) is 5.52 Å². The summed E-state index contributed by atoms with van der Waals surface area (Å²) in [5, 5.41) is 3.50. The van der Waals surface area contributed by atoms with Crippen molar-refractivity contribution in [2.45, 2.75) is 5.03 Å². The molecule has 0 saturated carbocycles. The fourth-order valence-electron chi connectivity index (χ4n) is 2.10. The maximum absolute atomic E-state index is 12.1. The topological polar surface area (TPSA) is 102 Å². The number of thioether (sulfide) groups is 1. The molecule has 0 radical (unpaired) electrons. The third-order valence-electron chi connectivity index (χ3n) is 3.20. The van der Waals surface area contributed by atoms with E-state index in [1.54, 1.807) is 38.7 Å². The van der Waals surface area contributed by atoms with E-state index < -0.39 is 0 Å². The molecular weight excluding hydrogens is 330 g/mol. The molecule has 2 aromatic heterocycles. The second-order valence-electron chi connectivity index (χ2n) is 4.69. The lowest BCUT2D eigenvalue weighted by atomic mass is 10.2. The number of anilines is 1. The van der Waals surface area contributed by atoms with Crippen LogP contribution in [0.25, 0.3) is 11.2 Å². The van der Waals surface area contributed by atoms with Crippen LogP contribution in [0.15, 0.2) is 35.9 Å². The molecule has 24 heavy (non-hydrogen) atoms. The van der Waals surface area contributed by atoms with Crippen LogP contribution >= 0.6 is 11.8 Å². The van der Waals surface area contributed by atoms with E-state index >= 15 is 0 Å². The minimum Gasteiger partial charge on any atom is -0.493 e. The van der Waals surface area contributed by atoms with Crippen LogP contribution in [0, 0.1) is 0 Å². The van der Waals surface area contributed by atoms with E-state index in [2.05, 4.69) is 25.3 Å². The number of imidazole rings is 1. The van der Waals surface area contributed by atoms with Crippen LogP contribution in [-0.2, 0) is 4.79 Å². The van der Waals surface area contributed by atoms with Crippen LogP contribution in [0.2, 0.25) is 0 Å². The Bertz CT molecular complexity index is 867. The normalized spacial score (nSPS) is 10.6. The summed E-state index contributed by atoms with van der Waals surface area (Å²) >= 11 is 1.31. The maximum Gasteiger partial charge on any atom is 0.234 e. The highest BCUT2D eigenvalue weighted by molar-refractivity contribution is 8.00. The molecule has 2 N–H and O–H groups in total. The second-order valence-corrected chi connectivity index (χ2v) is 5.65. The van der Waals surface area contributed by atoms with Crippen molar-refractivity contribution in [3.05, 3.63) is 30.9 Å². The average Bonchev–Trinajstić information content (AvgIpc) is 3.09. The van der Waals surface area contributed by atoms with Crippen LogP contribution < -0.4 is 14.8 Å². The average molecular weight is 345 g/mol. The van der Waals surface area contributed by atoms with Crippen molar-refractivity contribution < 1.29 is 14.3 Å². The van der Waals surface area contributed by atoms with E-state index in [1.807, 2.05) is 0 Å². The van der Waals surface area contributed by atoms with Crippen molar-refractivity contribution in [2.75, 3.05) is 25.3 Å². The van der Waals surface area contributed by atoms with Crippen molar-refractivity contribution in [3.63, 3.8) is 0 Å². The minimum absolute atomic E-state index is 0.154. The number of aromatic nitrogens is 4. The van der Waals surface area contributed by atoms with Crippen molar-refractivity contribution in [1.29, 1.82) is 0 Å². The number of nitrogens with one attached hydrogen (secondary N) is 2. The highest BCUT2D eigenvalue weighted by atomic mass is 32.2. The van der Waals surface area contributed by atoms with Gasteiger partial charge < -0.3 is 19.8 Å². The molecule has 9 heteroatoms. The molecule has 0 unspecified atom stereocenters. The molecule has 0 aliphatic heterocycles. The predicted octanol–water partition coefficient (Wildman–Crippen LogP) is 2.10. The fraction of sp³-hybridized carbons (Fsp3) is 0.200. The van der Waals surface area contributed by atoms with Gasteiger partial charge in [0.2, 0.25) is 5.91 Å². The van der Waals surface area contributed by atoms with Gasteiger partial charge >= 0.3 is 0 Å². The Balaban J connectivity index is 1.65. The molecule has 1 amide bonds. The number of hydrogen-bond acceptors (Lipinski definition) is 7. The van der Waals surface area contributed by atoms with Crippen LogP contribution in [0.1, 0.15) is 0 Å². The zero-order chi connectivity index (χ0) is 16.9. The lowest BCUT2D eigenvalue weighted by Crippen LogP contribution is -2.14. The van der Waals surface area contributed by atoms with Crippen molar-refractivity contribution in [3.8, 4) is 11.5 Å². The monoisotopic (exact) mass is 345 g/mol. The van der Waals surface area contributed by atoms with E-state index in [1.165, 1.54) is 18.1 Å². The van der Waals surface area contributed by atoms with Gasteiger partial charge in [-0.3, -0.25) is 4.79 Å². The largest absolute Gasteiger partial charge is 0.493 e. The molecule has 0 saturated heterocycles. The Morgan fingerprint density at radius 1 is 1.21 bits per heavy atom. The van der Waals surface area contributed by atoms with Crippen LogP contribution in [0.5, 0.6) is 11.5 Å². The highest BCUT2D eigenvalue weighted by Crippen LogP contribution is 2.30. The lowest BCUT2D eigenvalue weighted by Gasteiger charge is -2.10. The molecule has 124 valence electrons. The number of hydrogen-bond donors (Lipinski definition) is 2. The lowest BCUT2D eigenvalue weighted by molar-refractivity contribution is -0.113. The summed E-state index contributed by atoms with van der Waals surface area (Å²) in [4.78, 5) is 27.4. The summed E-state index contributed by atoms with van der Waals surface area (Å²) in [6.07, 6.45) is 2.98. The molecule has 0 aliphatic rings. The molecule has 3 rings (SSSR count). The molecule has 0 fully saturated rings. The Hall–Kier alpha value is -2.81. The number of aromatic amines is 1. The second kappa shape index (κ2) is 7.18. The summed E-state index contributed by atoms with van der Waals surface area (Å²) in [6.45, 7) is 0. The van der Waals surface area contributed by atoms with E-state index in [4.69, 9.17) is 9.47 Å². The Morgan fingerprint density at radius 2 is 2.04 bits per heavy atom. The first-order valence-corrected chi connectivity index (χ1v) is 7.98. The zero-order valence-electron chi connectivity index (χ0n) is 13.1. The third-order valence-corrected chi connectivity index (χ3v) is 4.18. The van der Waals surface area contributed by atoms with Gasteiger partial charge in [-0.15, -0.1) is 0 Å². The summed E-state index contributed by atoms with van der Waals surface area (Å²) in [5.74, 6) is 1.21. The Kier molecular flexibility index (Phi) is 4.80. The number of fused-ring (bicyclic) bond motifs is 1. The highest BCUT2D eigenvalue weighted by Gasteiger charge is 2.11. The molecule has 1 aromatic carbocycles. The van der Waals surface area contributed by atoms with Gasteiger partial charge in [0.15, 0.2) is 17.1 Å². The number of amides is 1. The van der Waals surface area contributed by atoms with Gasteiger partial charge in [0, 0.05) is 11.8 Å². The molecule has 0 atom stereocenters.